The molecule has 0 bridgehead atoms. The number of aryl methyl sites for hydroxylation is 1. The van der Waals surface area contributed by atoms with E-state index in [0.717, 1.165) is 0 Å². The molecule has 1 amide bonds. The van der Waals surface area contributed by atoms with E-state index in [9.17, 15) is 14.4 Å². The van der Waals surface area contributed by atoms with Crippen LogP contribution in [0.2, 0.25) is 0 Å². The molecular weight excluding hydrogens is 274 g/mol. The van der Waals surface area contributed by atoms with Gasteiger partial charge in [-0.15, -0.1) is 0 Å². The predicted octanol–water partition coefficient (Wildman–Crippen LogP) is 0.735. The van der Waals surface area contributed by atoms with E-state index in [1.54, 1.807) is 6.92 Å². The summed E-state index contributed by atoms with van der Waals surface area (Å²) in [5.41, 5.74) is 0.893. The first-order valence-electron chi connectivity index (χ1n) is 7.01. The summed E-state index contributed by atoms with van der Waals surface area (Å²) in [5, 5.41) is 17.6. The normalized spacial score (nSPS) is 12.0. The second-order valence-corrected chi connectivity index (χ2v) is 4.97. The van der Waals surface area contributed by atoms with Crippen LogP contribution >= 0.6 is 0 Å². The Kier molecular flexibility index (Phi) is 6.08. The summed E-state index contributed by atoms with van der Waals surface area (Å²) in [6.07, 6.45) is 1.12. The molecule has 0 radical (unpaired) electrons. The highest BCUT2D eigenvalue weighted by atomic mass is 16.4. The summed E-state index contributed by atoms with van der Waals surface area (Å²) in [6.45, 7) is 5.69. The van der Waals surface area contributed by atoms with Gasteiger partial charge in [0.1, 0.15) is 5.56 Å². The van der Waals surface area contributed by atoms with E-state index >= 15 is 0 Å². The summed E-state index contributed by atoms with van der Waals surface area (Å²) >= 11 is 0. The highest BCUT2D eigenvalue weighted by Gasteiger charge is 2.19. The number of nitrogens with one attached hydrogen (secondary N) is 2. The van der Waals surface area contributed by atoms with E-state index in [4.69, 9.17) is 5.11 Å². The number of carboxylic acids is 1. The lowest BCUT2D eigenvalue weighted by Crippen LogP contribution is -2.35. The van der Waals surface area contributed by atoms with Crippen molar-refractivity contribution in [2.24, 2.45) is 5.92 Å². The Bertz CT molecular complexity index is 580. The molecule has 3 N–H and O–H groups in total. The van der Waals surface area contributed by atoms with Crippen LogP contribution in [0.25, 0.3) is 0 Å². The first-order valence-corrected chi connectivity index (χ1v) is 7.01. The maximum Gasteiger partial charge on any atom is 0.303 e. The molecule has 0 aliphatic heterocycles. The fourth-order valence-electron chi connectivity index (χ4n) is 2.16. The number of rotatable bonds is 7. The third-order valence-electron chi connectivity index (χ3n) is 3.22. The Morgan fingerprint density at radius 1 is 1.33 bits per heavy atom. The molecule has 116 valence electrons. The number of carboxylic acid groups (broad SMARTS) is 1. The monoisotopic (exact) mass is 295 g/mol. The minimum atomic E-state index is -0.916. The SMILES string of the molecule is CCc1n[nH]c(=O)c(C(=O)NCC(C)CC(=O)O)c1CC. The Hall–Kier alpha value is -2.18. The van der Waals surface area contributed by atoms with Crippen LogP contribution in [0.4, 0.5) is 0 Å². The van der Waals surface area contributed by atoms with Crippen molar-refractivity contribution in [1.82, 2.24) is 15.5 Å². The molecule has 7 nitrogen and oxygen atoms in total. The van der Waals surface area contributed by atoms with Gasteiger partial charge in [-0.25, -0.2) is 5.10 Å². The molecule has 0 spiro atoms. The number of hydrogen-bond donors (Lipinski definition) is 3. The molecule has 0 aliphatic carbocycles. The number of H-pyrrole nitrogens is 1. The van der Waals surface area contributed by atoms with Gasteiger partial charge in [-0.3, -0.25) is 14.4 Å². The fourth-order valence-corrected chi connectivity index (χ4v) is 2.16. The zero-order chi connectivity index (χ0) is 16.0. The summed E-state index contributed by atoms with van der Waals surface area (Å²) in [5.74, 6) is -1.61. The van der Waals surface area contributed by atoms with Gasteiger partial charge in [0.2, 0.25) is 0 Å². The topological polar surface area (TPSA) is 112 Å². The van der Waals surface area contributed by atoms with Gasteiger partial charge in [0, 0.05) is 13.0 Å². The smallest absolute Gasteiger partial charge is 0.303 e. The van der Waals surface area contributed by atoms with Crippen molar-refractivity contribution in [1.29, 1.82) is 0 Å². The number of carbonyl (C=O) groups excluding carboxylic acids is 1. The average molecular weight is 295 g/mol. The van der Waals surface area contributed by atoms with E-state index in [-0.39, 0.29) is 24.4 Å². The van der Waals surface area contributed by atoms with Crippen molar-refractivity contribution in [3.63, 3.8) is 0 Å². The molecule has 0 fully saturated rings. The second kappa shape index (κ2) is 7.56. The molecule has 0 saturated heterocycles. The number of hydrogen-bond acceptors (Lipinski definition) is 4. The van der Waals surface area contributed by atoms with Gasteiger partial charge < -0.3 is 10.4 Å². The Balaban J connectivity index is 2.92. The number of aromatic amines is 1. The number of aromatic nitrogens is 2. The minimum Gasteiger partial charge on any atom is -0.481 e. The molecule has 0 saturated carbocycles. The molecule has 0 aliphatic rings. The van der Waals surface area contributed by atoms with Crippen LogP contribution in [-0.2, 0) is 17.6 Å². The fraction of sp³-hybridized carbons (Fsp3) is 0.571. The van der Waals surface area contributed by atoms with Crippen LogP contribution in [-0.4, -0.2) is 33.7 Å². The molecular formula is C14H21N3O4. The van der Waals surface area contributed by atoms with Crippen LogP contribution in [0.5, 0.6) is 0 Å². The largest absolute Gasteiger partial charge is 0.481 e. The van der Waals surface area contributed by atoms with Crippen molar-refractivity contribution in [2.45, 2.75) is 40.0 Å². The van der Waals surface area contributed by atoms with Crippen molar-refractivity contribution in [3.8, 4) is 0 Å². The predicted molar refractivity (Wildman–Crippen MR) is 77.4 cm³/mol. The second-order valence-electron chi connectivity index (χ2n) is 4.97. The number of carbonyl (C=O) groups is 2. The first kappa shape index (κ1) is 16.9. The van der Waals surface area contributed by atoms with Crippen molar-refractivity contribution >= 4 is 11.9 Å². The van der Waals surface area contributed by atoms with Gasteiger partial charge >= 0.3 is 5.97 Å². The highest BCUT2D eigenvalue weighted by Crippen LogP contribution is 2.10. The maximum atomic E-state index is 12.2. The third kappa shape index (κ3) is 4.40. The summed E-state index contributed by atoms with van der Waals surface area (Å²) < 4.78 is 0. The van der Waals surface area contributed by atoms with E-state index in [1.807, 2.05) is 13.8 Å². The summed E-state index contributed by atoms with van der Waals surface area (Å²) in [4.78, 5) is 34.6. The third-order valence-corrected chi connectivity index (χ3v) is 3.22. The van der Waals surface area contributed by atoms with Crippen LogP contribution in [0, 0.1) is 5.92 Å². The maximum absolute atomic E-state index is 12.2. The van der Waals surface area contributed by atoms with Crippen molar-refractivity contribution in [2.75, 3.05) is 6.54 Å². The lowest BCUT2D eigenvalue weighted by Gasteiger charge is -2.13. The minimum absolute atomic E-state index is 0.0339. The van der Waals surface area contributed by atoms with Crippen LogP contribution in [0.15, 0.2) is 4.79 Å². The lowest BCUT2D eigenvalue weighted by atomic mass is 10.0. The van der Waals surface area contributed by atoms with Gasteiger partial charge in [-0.1, -0.05) is 20.8 Å². The van der Waals surface area contributed by atoms with Crippen LogP contribution < -0.4 is 10.9 Å². The van der Waals surface area contributed by atoms with Crippen LogP contribution in [0.3, 0.4) is 0 Å². The van der Waals surface area contributed by atoms with E-state index in [2.05, 4.69) is 15.5 Å². The van der Waals surface area contributed by atoms with Gasteiger partial charge in [0.15, 0.2) is 0 Å². The number of nitrogens with zero attached hydrogens (tertiary/aromatic N) is 1. The molecule has 1 atom stereocenters. The molecule has 0 aromatic carbocycles. The van der Waals surface area contributed by atoms with E-state index in [0.29, 0.717) is 24.1 Å². The summed E-state index contributed by atoms with van der Waals surface area (Å²) in [7, 11) is 0. The Morgan fingerprint density at radius 3 is 2.52 bits per heavy atom. The van der Waals surface area contributed by atoms with Gasteiger partial charge in [-0.05, 0) is 24.3 Å². The highest BCUT2D eigenvalue weighted by molar-refractivity contribution is 5.95. The zero-order valence-electron chi connectivity index (χ0n) is 12.5. The summed E-state index contributed by atoms with van der Waals surface area (Å²) in [6, 6.07) is 0. The lowest BCUT2D eigenvalue weighted by molar-refractivity contribution is -0.137. The average Bonchev–Trinajstić information content (AvgIpc) is 2.43. The molecule has 7 heteroatoms. The zero-order valence-corrected chi connectivity index (χ0v) is 12.5. The van der Waals surface area contributed by atoms with E-state index < -0.39 is 17.4 Å². The van der Waals surface area contributed by atoms with Gasteiger partial charge in [-0.2, -0.15) is 5.10 Å². The number of aliphatic carboxylic acids is 1. The first-order chi connectivity index (χ1) is 9.90. The Morgan fingerprint density at radius 2 is 2.00 bits per heavy atom. The van der Waals surface area contributed by atoms with E-state index in [1.165, 1.54) is 0 Å². The molecule has 1 heterocycles. The van der Waals surface area contributed by atoms with Gasteiger partial charge in [0.25, 0.3) is 11.5 Å². The molecule has 1 aromatic heterocycles. The molecule has 1 aromatic rings. The van der Waals surface area contributed by atoms with Crippen molar-refractivity contribution in [3.05, 3.63) is 27.2 Å². The van der Waals surface area contributed by atoms with Crippen LogP contribution in [0.1, 0.15) is 48.8 Å². The standard InChI is InChI=1S/C14H21N3O4/c1-4-9-10(5-2)16-17-14(21)12(9)13(20)15-7-8(3)6-11(18)19/h8H,4-7H2,1-3H3,(H,15,20)(H,17,21)(H,18,19). The Labute approximate surface area is 122 Å². The van der Waals surface area contributed by atoms with Gasteiger partial charge in [0.05, 0.1) is 5.69 Å². The molecule has 1 unspecified atom stereocenters. The molecule has 1 rings (SSSR count). The quantitative estimate of drug-likeness (QED) is 0.686. The van der Waals surface area contributed by atoms with Crippen molar-refractivity contribution < 1.29 is 14.7 Å². The molecule has 21 heavy (non-hydrogen) atoms. The number of amides is 1.